The fourth-order valence-corrected chi connectivity index (χ4v) is 11.5. The first-order valence-corrected chi connectivity index (χ1v) is 14.8. The Bertz CT molecular complexity index is 288. The van der Waals surface area contributed by atoms with Gasteiger partial charge in [-0.2, -0.15) is 0 Å². The van der Waals surface area contributed by atoms with Crippen LogP contribution in [0, 0.1) is 0 Å². The maximum absolute atomic E-state index is 6.63. The molecule has 140 valence electrons. The lowest BCUT2D eigenvalue weighted by atomic mass is 10.3. The summed E-state index contributed by atoms with van der Waals surface area (Å²) in [5, 5.41) is 0. The number of hydrogen-bond donors (Lipinski definition) is 0. The monoisotopic (exact) mass is 366 g/mol. The molecule has 0 rings (SSSR count). The van der Waals surface area contributed by atoms with Crippen LogP contribution in [-0.2, 0) is 23.1 Å². The molecule has 0 aliphatic heterocycles. The fourth-order valence-electron chi connectivity index (χ4n) is 2.66. The zero-order valence-electron chi connectivity index (χ0n) is 16.3. The minimum atomic E-state index is -1.66. The van der Waals surface area contributed by atoms with Gasteiger partial charge >= 0.3 is 0 Å². The Kier molecular flexibility index (Phi) is 12.7. The van der Waals surface area contributed by atoms with Crippen molar-refractivity contribution in [1.29, 1.82) is 0 Å². The summed E-state index contributed by atoms with van der Waals surface area (Å²) in [6.45, 7) is 12.1. The van der Waals surface area contributed by atoms with Gasteiger partial charge in [-0.1, -0.05) is 0 Å². The van der Waals surface area contributed by atoms with Crippen molar-refractivity contribution < 1.29 is 23.1 Å². The van der Waals surface area contributed by atoms with Gasteiger partial charge in [0.05, 0.1) is 25.9 Å². The van der Waals surface area contributed by atoms with E-state index >= 15 is 0 Å². The topological polar surface area (TPSA) is 46.2 Å². The summed E-state index contributed by atoms with van der Waals surface area (Å²) in [5.74, 6) is 0. The Labute approximate surface area is 145 Å². The average Bonchev–Trinajstić information content (AvgIpc) is 2.46. The summed E-state index contributed by atoms with van der Waals surface area (Å²) in [6, 6.07) is 2.25. The van der Waals surface area contributed by atoms with Gasteiger partial charge in [0.2, 0.25) is 0 Å². The van der Waals surface area contributed by atoms with E-state index in [2.05, 4.69) is 26.2 Å². The number of rotatable bonds is 15. The molecule has 1 unspecified atom stereocenters. The Morgan fingerprint density at radius 3 is 2.00 bits per heavy atom. The Balaban J connectivity index is 4.08. The third-order valence-corrected chi connectivity index (χ3v) is 11.3. The lowest BCUT2D eigenvalue weighted by molar-refractivity contribution is 0.0260. The molecule has 0 fully saturated rings. The van der Waals surface area contributed by atoms with Crippen molar-refractivity contribution in [2.75, 3.05) is 47.8 Å². The lowest BCUT2D eigenvalue weighted by Gasteiger charge is -2.34. The predicted molar refractivity (Wildman–Crippen MR) is 100 cm³/mol. The third kappa shape index (κ3) is 13.2. The van der Waals surface area contributed by atoms with E-state index in [4.69, 9.17) is 23.1 Å². The van der Waals surface area contributed by atoms with Gasteiger partial charge in [0.1, 0.15) is 0 Å². The van der Waals surface area contributed by atoms with Crippen LogP contribution in [-0.4, -0.2) is 70.5 Å². The Morgan fingerprint density at radius 2 is 1.43 bits per heavy atom. The molecule has 0 aliphatic carbocycles. The Hall–Kier alpha value is 0.234. The zero-order chi connectivity index (χ0) is 17.8. The van der Waals surface area contributed by atoms with Crippen molar-refractivity contribution in [3.63, 3.8) is 0 Å². The van der Waals surface area contributed by atoms with Crippen molar-refractivity contribution in [3.8, 4) is 0 Å². The van der Waals surface area contributed by atoms with Crippen LogP contribution in [0.25, 0.3) is 0 Å². The summed E-state index contributed by atoms with van der Waals surface area (Å²) in [4.78, 5) is 0. The molecule has 1 atom stereocenters. The van der Waals surface area contributed by atoms with Gasteiger partial charge in [-0.15, -0.1) is 0 Å². The largest absolute Gasteiger partial charge is 0.455 e. The first-order valence-electron chi connectivity index (χ1n) is 8.55. The second kappa shape index (κ2) is 12.6. The van der Waals surface area contributed by atoms with Crippen molar-refractivity contribution in [3.05, 3.63) is 0 Å². The van der Waals surface area contributed by atoms with E-state index in [0.29, 0.717) is 19.8 Å². The second-order valence-electron chi connectivity index (χ2n) is 7.18. The lowest BCUT2D eigenvalue weighted by Crippen LogP contribution is -2.44. The molecule has 0 saturated heterocycles. The molecule has 0 heterocycles. The molecule has 5 nitrogen and oxygen atoms in total. The molecule has 0 bridgehead atoms. The van der Waals surface area contributed by atoms with Gasteiger partial charge in [0.25, 0.3) is 0 Å². The molecular weight excluding hydrogens is 328 g/mol. The number of methoxy groups -OCH3 is 3. The van der Waals surface area contributed by atoms with Crippen molar-refractivity contribution in [2.45, 2.75) is 57.2 Å². The first-order chi connectivity index (χ1) is 10.8. The molecule has 0 radical (unpaired) electrons. The van der Waals surface area contributed by atoms with Gasteiger partial charge < -0.3 is 23.1 Å². The van der Waals surface area contributed by atoms with Crippen LogP contribution in [0.15, 0.2) is 0 Å². The molecule has 0 N–H and O–H groups in total. The molecular formula is C16H38O5Si2. The Morgan fingerprint density at radius 1 is 0.783 bits per heavy atom. The summed E-state index contributed by atoms with van der Waals surface area (Å²) in [7, 11) is 1.87. The van der Waals surface area contributed by atoms with Crippen LogP contribution < -0.4 is 0 Å². The molecule has 0 aromatic rings. The maximum atomic E-state index is 6.63. The van der Waals surface area contributed by atoms with Crippen LogP contribution in [0.4, 0.5) is 0 Å². The average molecular weight is 367 g/mol. The zero-order valence-corrected chi connectivity index (χ0v) is 18.3. The molecule has 0 spiro atoms. The highest BCUT2D eigenvalue weighted by molar-refractivity contribution is 6.84. The highest BCUT2D eigenvalue weighted by Gasteiger charge is 2.33. The third-order valence-electron chi connectivity index (χ3n) is 3.81. The molecule has 0 saturated carbocycles. The highest BCUT2D eigenvalue weighted by Crippen LogP contribution is 2.24. The van der Waals surface area contributed by atoms with E-state index in [1.165, 1.54) is 0 Å². The second-order valence-corrected chi connectivity index (χ2v) is 16.0. The van der Waals surface area contributed by atoms with Gasteiger partial charge in [0.15, 0.2) is 16.6 Å². The molecule has 7 heteroatoms. The minimum absolute atomic E-state index is 0.175. The standard InChI is InChI=1S/C16H38O5Si2/c1-17-11-12-20-10-8-13-22(4,5)21-23(6,7)14-9-16(19-3)15-18-2/h16H,8-15H2,1-7H3. The quantitative estimate of drug-likeness (QED) is 0.328. The van der Waals surface area contributed by atoms with Crippen LogP contribution in [0.3, 0.4) is 0 Å². The predicted octanol–water partition coefficient (Wildman–Crippen LogP) is 3.52. The molecule has 0 aromatic heterocycles. The smallest absolute Gasteiger partial charge is 0.173 e. The van der Waals surface area contributed by atoms with Crippen molar-refractivity contribution in [1.82, 2.24) is 0 Å². The van der Waals surface area contributed by atoms with Crippen LogP contribution >= 0.6 is 0 Å². The van der Waals surface area contributed by atoms with Crippen LogP contribution in [0.1, 0.15) is 12.8 Å². The molecule has 0 amide bonds. The highest BCUT2D eigenvalue weighted by atomic mass is 28.4. The van der Waals surface area contributed by atoms with E-state index in [1.807, 2.05) is 0 Å². The van der Waals surface area contributed by atoms with E-state index in [1.54, 1.807) is 21.3 Å². The normalized spacial score (nSPS) is 14.2. The number of hydrogen-bond acceptors (Lipinski definition) is 5. The minimum Gasteiger partial charge on any atom is -0.455 e. The van der Waals surface area contributed by atoms with E-state index < -0.39 is 16.6 Å². The summed E-state index contributed by atoms with van der Waals surface area (Å²) in [5.41, 5.74) is 0. The van der Waals surface area contributed by atoms with E-state index in [-0.39, 0.29) is 6.10 Å². The molecule has 0 aliphatic rings. The van der Waals surface area contributed by atoms with Crippen molar-refractivity contribution in [2.24, 2.45) is 0 Å². The van der Waals surface area contributed by atoms with E-state index in [9.17, 15) is 0 Å². The summed E-state index contributed by atoms with van der Waals surface area (Å²) < 4.78 is 27.8. The van der Waals surface area contributed by atoms with Crippen LogP contribution in [0.5, 0.6) is 0 Å². The maximum Gasteiger partial charge on any atom is 0.173 e. The number of ether oxygens (including phenoxy) is 4. The van der Waals surface area contributed by atoms with E-state index in [0.717, 1.165) is 31.5 Å². The van der Waals surface area contributed by atoms with Gasteiger partial charge in [0, 0.05) is 27.9 Å². The van der Waals surface area contributed by atoms with Gasteiger partial charge in [-0.3, -0.25) is 0 Å². The van der Waals surface area contributed by atoms with Gasteiger partial charge in [-0.25, -0.2) is 0 Å². The van der Waals surface area contributed by atoms with Crippen LogP contribution in [0.2, 0.25) is 38.3 Å². The fraction of sp³-hybridized carbons (Fsp3) is 1.00. The summed E-state index contributed by atoms with van der Waals surface area (Å²) >= 11 is 0. The molecule has 0 aromatic carbocycles. The first kappa shape index (κ1) is 23.2. The van der Waals surface area contributed by atoms with Crippen molar-refractivity contribution >= 4 is 16.6 Å². The summed E-state index contributed by atoms with van der Waals surface area (Å²) in [6.07, 6.45) is 2.25. The molecule has 23 heavy (non-hydrogen) atoms. The van der Waals surface area contributed by atoms with Gasteiger partial charge in [-0.05, 0) is 51.1 Å². The SMILES string of the molecule is COCCOCCC[Si](C)(C)O[Si](C)(C)CCC(COC)OC.